The second-order valence-corrected chi connectivity index (χ2v) is 12.9. The quantitative estimate of drug-likeness (QED) is 0.329. The van der Waals surface area contributed by atoms with E-state index in [4.69, 9.17) is 9.72 Å². The topological polar surface area (TPSA) is 35.1 Å². The average Bonchev–Trinajstić information content (AvgIpc) is 3.03. The molecule has 3 aromatic rings. The van der Waals surface area contributed by atoms with Crippen LogP contribution in [0.1, 0.15) is 36.8 Å². The number of rotatable bonds is 6. The van der Waals surface area contributed by atoms with Crippen LogP contribution in [-0.2, 0) is 13.1 Å². The van der Waals surface area contributed by atoms with Crippen LogP contribution in [-0.4, -0.2) is 78.3 Å². The highest BCUT2D eigenvalue weighted by atomic mass is 79.9. The van der Waals surface area contributed by atoms with Crippen molar-refractivity contribution in [3.05, 3.63) is 88.1 Å². The van der Waals surface area contributed by atoms with Gasteiger partial charge < -0.3 is 9.64 Å². The fourth-order valence-electron chi connectivity index (χ4n) is 6.95. The molecule has 3 aliphatic heterocycles. The van der Waals surface area contributed by atoms with Crippen LogP contribution in [0.25, 0.3) is 10.9 Å². The third kappa shape index (κ3) is 6.09. The molecule has 0 unspecified atom stereocenters. The second-order valence-electron chi connectivity index (χ2n) is 11.9. The van der Waals surface area contributed by atoms with E-state index in [1.54, 1.807) is 0 Å². The molecule has 7 heteroatoms. The van der Waals surface area contributed by atoms with Crippen molar-refractivity contribution in [3.63, 3.8) is 0 Å². The van der Waals surface area contributed by atoms with Gasteiger partial charge in [0.1, 0.15) is 12.2 Å². The molecular formula is C34H40BrN5O. The zero-order chi connectivity index (χ0) is 27.6. The number of likely N-dealkylation sites (tertiary alicyclic amines) is 1. The number of nitrogens with zero attached hydrogens (tertiary/aromatic N) is 5. The third-order valence-electron chi connectivity index (χ3n) is 9.27. The number of hydrogen-bond donors (Lipinski definition) is 0. The SMILES string of the molecule is Brc1ccc(N2CCN(Cc3cc4c(c5ncccc35)OCN(C3CCN(CC5=CCCC=C5)CC3)C4)CC2)cc1. The number of ether oxygens (including phenoxy) is 1. The van der Waals surface area contributed by atoms with E-state index in [0.717, 1.165) is 74.6 Å². The van der Waals surface area contributed by atoms with Gasteiger partial charge in [0, 0.05) is 79.2 Å². The number of piperazine rings is 1. The Bertz CT molecular complexity index is 1420. The Morgan fingerprint density at radius 1 is 0.902 bits per heavy atom. The molecule has 2 saturated heterocycles. The van der Waals surface area contributed by atoms with Gasteiger partial charge in [-0.15, -0.1) is 0 Å². The minimum absolute atomic E-state index is 0.574. The monoisotopic (exact) mass is 613 g/mol. The average molecular weight is 615 g/mol. The van der Waals surface area contributed by atoms with Crippen molar-refractivity contribution < 1.29 is 4.74 Å². The third-order valence-corrected chi connectivity index (χ3v) is 9.80. The first-order valence-electron chi connectivity index (χ1n) is 15.3. The molecule has 0 bridgehead atoms. The fourth-order valence-corrected chi connectivity index (χ4v) is 7.21. The van der Waals surface area contributed by atoms with Gasteiger partial charge in [-0.25, -0.2) is 0 Å². The first kappa shape index (κ1) is 27.1. The number of anilines is 1. The normalized spacial score (nSPS) is 21.1. The number of benzene rings is 2. The fraction of sp³-hybridized carbons (Fsp3) is 0.441. The van der Waals surface area contributed by atoms with Gasteiger partial charge >= 0.3 is 0 Å². The molecule has 0 atom stereocenters. The molecule has 7 rings (SSSR count). The summed E-state index contributed by atoms with van der Waals surface area (Å²) in [6.45, 7) is 10.2. The Labute approximate surface area is 252 Å². The lowest BCUT2D eigenvalue weighted by Gasteiger charge is -2.41. The molecular weight excluding hydrogens is 574 g/mol. The van der Waals surface area contributed by atoms with E-state index < -0.39 is 0 Å². The number of hydrogen-bond acceptors (Lipinski definition) is 6. The van der Waals surface area contributed by atoms with Gasteiger partial charge in [0.2, 0.25) is 0 Å². The summed E-state index contributed by atoms with van der Waals surface area (Å²) in [5, 5.41) is 1.23. The first-order valence-corrected chi connectivity index (χ1v) is 16.1. The van der Waals surface area contributed by atoms with Crippen molar-refractivity contribution in [1.82, 2.24) is 19.7 Å². The number of allylic oxidation sites excluding steroid dienone is 2. The summed E-state index contributed by atoms with van der Waals surface area (Å²) in [7, 11) is 0. The van der Waals surface area contributed by atoms with Gasteiger partial charge in [-0.2, -0.15) is 0 Å². The van der Waals surface area contributed by atoms with E-state index in [9.17, 15) is 0 Å². The zero-order valence-corrected chi connectivity index (χ0v) is 25.4. The zero-order valence-electron chi connectivity index (χ0n) is 23.8. The summed E-state index contributed by atoms with van der Waals surface area (Å²) in [6, 6.07) is 16.0. The Hall–Kier alpha value is -2.71. The second kappa shape index (κ2) is 12.3. The molecule has 4 aliphatic rings. The minimum atomic E-state index is 0.574. The van der Waals surface area contributed by atoms with Crippen LogP contribution in [0.2, 0.25) is 0 Å². The molecule has 2 aromatic carbocycles. The predicted octanol–water partition coefficient (Wildman–Crippen LogP) is 6.21. The molecule has 2 fully saturated rings. The molecule has 1 aromatic heterocycles. The van der Waals surface area contributed by atoms with E-state index in [-0.39, 0.29) is 0 Å². The van der Waals surface area contributed by atoms with Crippen LogP contribution >= 0.6 is 15.9 Å². The highest BCUT2D eigenvalue weighted by Gasteiger charge is 2.30. The van der Waals surface area contributed by atoms with Gasteiger partial charge in [0.05, 0.1) is 0 Å². The van der Waals surface area contributed by atoms with E-state index in [2.05, 4.69) is 96.2 Å². The Morgan fingerprint density at radius 3 is 2.49 bits per heavy atom. The van der Waals surface area contributed by atoms with Gasteiger partial charge in [-0.1, -0.05) is 40.2 Å². The van der Waals surface area contributed by atoms with Crippen molar-refractivity contribution in [2.24, 2.45) is 0 Å². The lowest BCUT2D eigenvalue weighted by Crippen LogP contribution is -2.47. The van der Waals surface area contributed by atoms with Crippen molar-refractivity contribution in [3.8, 4) is 5.75 Å². The van der Waals surface area contributed by atoms with E-state index in [0.29, 0.717) is 12.8 Å². The lowest BCUT2D eigenvalue weighted by atomic mass is 9.98. The summed E-state index contributed by atoms with van der Waals surface area (Å²) in [6.07, 6.45) is 13.8. The number of piperidine rings is 1. The standard InChI is InChI=1S/C34H40BrN5O/c35-29-8-10-30(11-9-29)39-19-17-38(18-20-39)23-27-21-28-24-40(25-41-34(28)33-32(27)7-4-14-36-33)31-12-15-37(16-13-31)22-26-5-2-1-3-6-26/h2,4-11,14,21,31H,1,3,12-13,15-20,22-25H2. The van der Waals surface area contributed by atoms with Crippen molar-refractivity contribution in [1.29, 1.82) is 0 Å². The van der Waals surface area contributed by atoms with E-state index in [1.165, 1.54) is 53.5 Å². The number of aromatic nitrogens is 1. The van der Waals surface area contributed by atoms with E-state index in [1.807, 2.05) is 6.20 Å². The minimum Gasteiger partial charge on any atom is -0.475 e. The predicted molar refractivity (Wildman–Crippen MR) is 170 cm³/mol. The molecule has 4 heterocycles. The van der Waals surface area contributed by atoms with Crippen LogP contribution < -0.4 is 9.64 Å². The largest absolute Gasteiger partial charge is 0.475 e. The van der Waals surface area contributed by atoms with Gasteiger partial charge in [-0.3, -0.25) is 19.7 Å². The highest BCUT2D eigenvalue weighted by Crippen LogP contribution is 2.37. The molecule has 41 heavy (non-hydrogen) atoms. The molecule has 0 amide bonds. The number of halogens is 1. The summed E-state index contributed by atoms with van der Waals surface area (Å²) >= 11 is 3.56. The molecule has 214 valence electrons. The molecule has 1 aliphatic carbocycles. The smallest absolute Gasteiger partial charge is 0.152 e. The summed E-state index contributed by atoms with van der Waals surface area (Å²) in [5.74, 6) is 0.995. The Balaban J connectivity index is 1.02. The van der Waals surface area contributed by atoms with Crippen molar-refractivity contribution in [2.75, 3.05) is 57.4 Å². The van der Waals surface area contributed by atoms with Gasteiger partial charge in [0.25, 0.3) is 0 Å². The molecule has 0 spiro atoms. The first-order chi connectivity index (χ1) is 20.2. The van der Waals surface area contributed by atoms with Crippen LogP contribution in [0.15, 0.2) is 76.9 Å². The maximum atomic E-state index is 6.48. The van der Waals surface area contributed by atoms with Gasteiger partial charge in [-0.05, 0) is 86.3 Å². The molecule has 0 saturated carbocycles. The van der Waals surface area contributed by atoms with Crippen LogP contribution in [0.5, 0.6) is 5.75 Å². The maximum Gasteiger partial charge on any atom is 0.152 e. The van der Waals surface area contributed by atoms with Crippen molar-refractivity contribution in [2.45, 2.75) is 44.8 Å². The Kier molecular flexibility index (Phi) is 8.12. The lowest BCUT2D eigenvalue weighted by molar-refractivity contribution is 0.0277. The number of pyridine rings is 1. The van der Waals surface area contributed by atoms with Gasteiger partial charge in [0.15, 0.2) is 5.75 Å². The number of fused-ring (bicyclic) bond motifs is 3. The molecule has 0 radical (unpaired) electrons. The summed E-state index contributed by atoms with van der Waals surface area (Å²) in [5.41, 5.74) is 6.49. The van der Waals surface area contributed by atoms with Crippen LogP contribution in [0.4, 0.5) is 5.69 Å². The summed E-state index contributed by atoms with van der Waals surface area (Å²) in [4.78, 5) is 15.1. The van der Waals surface area contributed by atoms with Crippen LogP contribution in [0.3, 0.4) is 0 Å². The summed E-state index contributed by atoms with van der Waals surface area (Å²) < 4.78 is 7.61. The molecule has 6 nitrogen and oxygen atoms in total. The van der Waals surface area contributed by atoms with E-state index >= 15 is 0 Å². The molecule has 0 N–H and O–H groups in total. The van der Waals surface area contributed by atoms with Crippen LogP contribution in [0, 0.1) is 0 Å². The highest BCUT2D eigenvalue weighted by molar-refractivity contribution is 9.10. The Morgan fingerprint density at radius 2 is 1.71 bits per heavy atom. The maximum absolute atomic E-state index is 6.48. The van der Waals surface area contributed by atoms with Crippen molar-refractivity contribution >= 4 is 32.5 Å².